The molecule has 23 heavy (non-hydrogen) atoms. The lowest BCUT2D eigenvalue weighted by molar-refractivity contribution is -0.385. The van der Waals surface area contributed by atoms with Gasteiger partial charge in [0.15, 0.2) is 5.11 Å². The van der Waals surface area contributed by atoms with Gasteiger partial charge in [-0.25, -0.2) is 0 Å². The molecular formula is C15H16N4O3S. The molecule has 0 unspecified atom stereocenters. The van der Waals surface area contributed by atoms with Crippen molar-refractivity contribution in [3.8, 4) is 11.3 Å². The van der Waals surface area contributed by atoms with Crippen LogP contribution in [0.4, 0.5) is 5.69 Å². The molecule has 0 amide bonds. The zero-order valence-electron chi connectivity index (χ0n) is 12.7. The van der Waals surface area contributed by atoms with E-state index in [0.29, 0.717) is 34.3 Å². The molecule has 2 N–H and O–H groups in total. The molecule has 0 aliphatic rings. The van der Waals surface area contributed by atoms with E-state index in [1.165, 1.54) is 12.3 Å². The van der Waals surface area contributed by atoms with Crippen LogP contribution >= 0.6 is 12.2 Å². The third kappa shape index (κ3) is 4.36. The summed E-state index contributed by atoms with van der Waals surface area (Å²) in [5, 5.41) is 18.3. The maximum absolute atomic E-state index is 11.0. The first kappa shape index (κ1) is 16.6. The van der Waals surface area contributed by atoms with Crippen molar-refractivity contribution < 1.29 is 9.34 Å². The van der Waals surface area contributed by atoms with E-state index in [9.17, 15) is 10.1 Å². The topological polar surface area (TPSA) is 92.7 Å². The van der Waals surface area contributed by atoms with E-state index in [1.807, 2.05) is 6.92 Å². The fourth-order valence-electron chi connectivity index (χ4n) is 1.89. The minimum atomic E-state index is -0.407. The van der Waals surface area contributed by atoms with Gasteiger partial charge in [0.25, 0.3) is 5.69 Å². The second-order valence-electron chi connectivity index (χ2n) is 4.69. The van der Waals surface area contributed by atoms with Crippen LogP contribution in [0.2, 0.25) is 0 Å². The molecule has 1 aromatic heterocycles. The predicted octanol–water partition coefficient (Wildman–Crippen LogP) is 2.98. The summed E-state index contributed by atoms with van der Waals surface area (Å²) in [6, 6.07) is 8.43. The van der Waals surface area contributed by atoms with Crippen LogP contribution in [0.3, 0.4) is 0 Å². The number of hydrazone groups is 1. The lowest BCUT2D eigenvalue weighted by atomic mass is 10.1. The summed E-state index contributed by atoms with van der Waals surface area (Å²) in [4.78, 5) is 10.6. The van der Waals surface area contributed by atoms with Crippen molar-refractivity contribution in [2.45, 2.75) is 13.8 Å². The first-order valence-electron chi connectivity index (χ1n) is 6.93. The van der Waals surface area contributed by atoms with Crippen LogP contribution in [0.25, 0.3) is 11.3 Å². The molecule has 0 aliphatic heterocycles. The molecule has 0 saturated carbocycles. The van der Waals surface area contributed by atoms with Crippen molar-refractivity contribution in [2.24, 2.45) is 5.10 Å². The average molecular weight is 332 g/mol. The Kier molecular flexibility index (Phi) is 5.42. The van der Waals surface area contributed by atoms with Crippen molar-refractivity contribution in [1.82, 2.24) is 10.7 Å². The largest absolute Gasteiger partial charge is 0.455 e. The molecule has 7 nitrogen and oxygen atoms in total. The third-order valence-corrected chi connectivity index (χ3v) is 3.25. The summed E-state index contributed by atoms with van der Waals surface area (Å²) in [6.07, 6.45) is 1.48. The monoisotopic (exact) mass is 332 g/mol. The molecule has 8 heteroatoms. The van der Waals surface area contributed by atoms with E-state index in [1.54, 1.807) is 31.2 Å². The van der Waals surface area contributed by atoms with Gasteiger partial charge >= 0.3 is 0 Å². The van der Waals surface area contributed by atoms with Gasteiger partial charge in [0.1, 0.15) is 11.5 Å². The summed E-state index contributed by atoms with van der Waals surface area (Å²) < 4.78 is 5.61. The molecular weight excluding hydrogens is 316 g/mol. The second-order valence-corrected chi connectivity index (χ2v) is 5.10. The number of hydrogen-bond donors (Lipinski definition) is 2. The molecule has 0 spiro atoms. The summed E-state index contributed by atoms with van der Waals surface area (Å²) in [6.45, 7) is 4.33. The van der Waals surface area contributed by atoms with Crippen LogP contribution in [-0.2, 0) is 0 Å². The van der Waals surface area contributed by atoms with Crippen molar-refractivity contribution in [1.29, 1.82) is 0 Å². The highest BCUT2D eigenvalue weighted by molar-refractivity contribution is 7.80. The Morgan fingerprint density at radius 2 is 2.22 bits per heavy atom. The molecule has 0 saturated heterocycles. The van der Waals surface area contributed by atoms with Gasteiger partial charge in [-0.2, -0.15) is 5.10 Å². The Morgan fingerprint density at radius 1 is 1.43 bits per heavy atom. The van der Waals surface area contributed by atoms with Crippen LogP contribution in [0.15, 0.2) is 39.9 Å². The van der Waals surface area contributed by atoms with Gasteiger partial charge in [0.05, 0.1) is 11.1 Å². The summed E-state index contributed by atoms with van der Waals surface area (Å²) in [5.74, 6) is 1.04. The molecule has 1 aromatic carbocycles. The maximum Gasteiger partial charge on any atom is 0.273 e. The molecule has 0 fully saturated rings. The standard InChI is InChI=1S/C15H16N4O3S/c1-3-16-15(23)18-17-9-12-6-7-14(22-12)11-5-4-10(2)13(8-11)19(20)21/h4-9H,3H2,1-2H3,(H2,16,18,23)/b17-9-. The Morgan fingerprint density at radius 3 is 2.91 bits per heavy atom. The smallest absolute Gasteiger partial charge is 0.273 e. The van der Waals surface area contributed by atoms with E-state index < -0.39 is 4.92 Å². The van der Waals surface area contributed by atoms with Gasteiger partial charge in [0, 0.05) is 23.7 Å². The van der Waals surface area contributed by atoms with E-state index in [0.717, 1.165) is 0 Å². The highest BCUT2D eigenvalue weighted by Gasteiger charge is 2.13. The van der Waals surface area contributed by atoms with Gasteiger partial charge in [-0.3, -0.25) is 15.5 Å². The summed E-state index contributed by atoms with van der Waals surface area (Å²) >= 11 is 4.97. The van der Waals surface area contributed by atoms with Gasteiger partial charge in [-0.1, -0.05) is 12.1 Å². The zero-order chi connectivity index (χ0) is 16.8. The molecule has 1 heterocycles. The molecule has 0 radical (unpaired) electrons. The minimum Gasteiger partial charge on any atom is -0.455 e. The fourth-order valence-corrected chi connectivity index (χ4v) is 2.09. The summed E-state index contributed by atoms with van der Waals surface area (Å²) in [5.41, 5.74) is 3.96. The molecule has 2 aromatic rings. The first-order valence-corrected chi connectivity index (χ1v) is 7.34. The van der Waals surface area contributed by atoms with Gasteiger partial charge in [0.2, 0.25) is 0 Å². The van der Waals surface area contributed by atoms with E-state index in [4.69, 9.17) is 16.6 Å². The SMILES string of the molecule is CCNC(=S)N/N=C\c1ccc(-c2ccc(C)c([N+](=O)[O-])c2)o1. The molecule has 0 atom stereocenters. The number of furan rings is 1. The zero-order valence-corrected chi connectivity index (χ0v) is 13.5. The lowest BCUT2D eigenvalue weighted by Crippen LogP contribution is -2.31. The van der Waals surface area contributed by atoms with Crippen LogP contribution in [0, 0.1) is 17.0 Å². The highest BCUT2D eigenvalue weighted by atomic mass is 32.1. The number of nitrogens with one attached hydrogen (secondary N) is 2. The van der Waals surface area contributed by atoms with Crippen molar-refractivity contribution in [2.75, 3.05) is 6.54 Å². The Hall–Kier alpha value is -2.74. The quantitative estimate of drug-likeness (QED) is 0.378. The lowest BCUT2D eigenvalue weighted by Gasteiger charge is -2.02. The number of hydrogen-bond acceptors (Lipinski definition) is 5. The third-order valence-electron chi connectivity index (χ3n) is 3.01. The predicted molar refractivity (Wildman–Crippen MR) is 92.5 cm³/mol. The van der Waals surface area contributed by atoms with Crippen molar-refractivity contribution in [3.05, 3.63) is 51.8 Å². The van der Waals surface area contributed by atoms with Gasteiger partial charge in [-0.05, 0) is 38.2 Å². The van der Waals surface area contributed by atoms with E-state index in [2.05, 4.69) is 15.8 Å². The molecule has 120 valence electrons. The molecule has 0 bridgehead atoms. The van der Waals surface area contributed by atoms with Crippen LogP contribution in [0.1, 0.15) is 18.2 Å². The average Bonchev–Trinajstić information content (AvgIpc) is 2.96. The van der Waals surface area contributed by atoms with Crippen LogP contribution in [-0.4, -0.2) is 22.8 Å². The first-order chi connectivity index (χ1) is 11.0. The number of aryl methyl sites for hydroxylation is 1. The molecule has 0 aliphatic carbocycles. The number of nitrogens with zero attached hydrogens (tertiary/aromatic N) is 2. The number of rotatable bonds is 5. The van der Waals surface area contributed by atoms with Crippen LogP contribution < -0.4 is 10.7 Å². The molecule has 2 rings (SSSR count). The number of nitro groups is 1. The number of benzene rings is 1. The minimum absolute atomic E-state index is 0.0618. The van der Waals surface area contributed by atoms with Gasteiger partial charge < -0.3 is 9.73 Å². The Labute approximate surface area is 138 Å². The summed E-state index contributed by atoms with van der Waals surface area (Å²) in [7, 11) is 0. The van der Waals surface area contributed by atoms with Crippen molar-refractivity contribution >= 4 is 29.2 Å². The Bertz CT molecular complexity index is 755. The van der Waals surface area contributed by atoms with Crippen molar-refractivity contribution in [3.63, 3.8) is 0 Å². The second kappa shape index (κ2) is 7.50. The van der Waals surface area contributed by atoms with Crippen LogP contribution in [0.5, 0.6) is 0 Å². The number of nitro benzene ring substituents is 1. The van der Waals surface area contributed by atoms with E-state index >= 15 is 0 Å². The fraction of sp³-hybridized carbons (Fsp3) is 0.200. The highest BCUT2D eigenvalue weighted by Crippen LogP contribution is 2.27. The van der Waals surface area contributed by atoms with E-state index in [-0.39, 0.29) is 5.69 Å². The number of thiocarbonyl (C=S) groups is 1. The normalized spacial score (nSPS) is 10.7. The maximum atomic E-state index is 11.0. The Balaban J connectivity index is 2.13. The van der Waals surface area contributed by atoms with Gasteiger partial charge in [-0.15, -0.1) is 0 Å².